The molecule has 5 heteroatoms. The van der Waals surface area contributed by atoms with E-state index < -0.39 is 0 Å². The van der Waals surface area contributed by atoms with Gasteiger partial charge in [-0.05, 0) is 31.5 Å². The first kappa shape index (κ1) is 12.8. The highest BCUT2D eigenvalue weighted by atomic mass is 16.4. The largest absolute Gasteiger partial charge is 0.422 e. The van der Waals surface area contributed by atoms with Crippen molar-refractivity contribution in [3.8, 4) is 5.82 Å². The Labute approximate surface area is 125 Å². The van der Waals surface area contributed by atoms with Crippen LogP contribution in [0.25, 0.3) is 27.6 Å². The van der Waals surface area contributed by atoms with E-state index in [9.17, 15) is 4.79 Å². The molecule has 3 aromatic heterocycles. The molecule has 0 fully saturated rings. The van der Waals surface area contributed by atoms with Crippen molar-refractivity contribution in [3.63, 3.8) is 0 Å². The van der Waals surface area contributed by atoms with Gasteiger partial charge < -0.3 is 4.42 Å². The third kappa shape index (κ3) is 1.83. The lowest BCUT2D eigenvalue weighted by atomic mass is 10.1. The van der Waals surface area contributed by atoms with Gasteiger partial charge in [0, 0.05) is 23.2 Å². The lowest BCUT2D eigenvalue weighted by molar-refractivity contribution is 0.569. The number of hydrogen-bond donors (Lipinski definition) is 0. The maximum Gasteiger partial charge on any atom is 0.345 e. The monoisotopic (exact) mass is 291 g/mol. The topological polar surface area (TPSA) is 60.9 Å². The van der Waals surface area contributed by atoms with Crippen LogP contribution in [0.2, 0.25) is 0 Å². The van der Waals surface area contributed by atoms with Gasteiger partial charge >= 0.3 is 5.63 Å². The second-order valence-electron chi connectivity index (χ2n) is 5.32. The molecule has 0 unspecified atom stereocenters. The third-order valence-corrected chi connectivity index (χ3v) is 3.87. The van der Waals surface area contributed by atoms with Gasteiger partial charge in [-0.2, -0.15) is 5.10 Å². The molecule has 3 heterocycles. The Morgan fingerprint density at radius 3 is 2.68 bits per heavy atom. The van der Waals surface area contributed by atoms with Crippen molar-refractivity contribution in [2.45, 2.75) is 13.8 Å². The molecule has 0 radical (unpaired) electrons. The van der Waals surface area contributed by atoms with Gasteiger partial charge in [0.05, 0.1) is 11.1 Å². The lowest BCUT2D eigenvalue weighted by Gasteiger charge is -2.05. The fraction of sp³-hybridized carbons (Fsp3) is 0.118. The van der Waals surface area contributed by atoms with Crippen molar-refractivity contribution in [3.05, 3.63) is 64.4 Å². The van der Waals surface area contributed by atoms with Crippen molar-refractivity contribution in [1.82, 2.24) is 14.8 Å². The molecule has 0 aliphatic heterocycles. The fourth-order valence-electron chi connectivity index (χ4n) is 2.55. The molecule has 0 aliphatic carbocycles. The number of para-hydroxylation sites is 1. The van der Waals surface area contributed by atoms with Gasteiger partial charge in [-0.25, -0.2) is 14.5 Å². The number of rotatable bonds is 1. The molecule has 0 aliphatic rings. The van der Waals surface area contributed by atoms with Gasteiger partial charge in [0.15, 0.2) is 5.82 Å². The van der Waals surface area contributed by atoms with E-state index in [1.807, 2.05) is 44.3 Å². The van der Waals surface area contributed by atoms with Crippen LogP contribution in [0.4, 0.5) is 0 Å². The van der Waals surface area contributed by atoms with E-state index in [0.717, 1.165) is 22.0 Å². The van der Waals surface area contributed by atoms with Gasteiger partial charge in [0.2, 0.25) is 0 Å². The van der Waals surface area contributed by atoms with E-state index in [1.54, 1.807) is 16.9 Å². The summed E-state index contributed by atoms with van der Waals surface area (Å²) in [6, 6.07) is 9.37. The maximum atomic E-state index is 12.1. The zero-order valence-corrected chi connectivity index (χ0v) is 12.2. The van der Waals surface area contributed by atoms with Gasteiger partial charge in [-0.15, -0.1) is 0 Å². The van der Waals surface area contributed by atoms with Crippen molar-refractivity contribution < 1.29 is 4.42 Å². The van der Waals surface area contributed by atoms with Crippen LogP contribution in [-0.2, 0) is 0 Å². The standard InChI is InChI=1S/C17H13N3O2/c1-10-9-20(19-11(10)2)16-7-13-12-5-3-4-6-15(12)22-17(21)14(13)8-18-16/h3-9H,1-2H3. The minimum atomic E-state index is -0.374. The summed E-state index contributed by atoms with van der Waals surface area (Å²) in [6.45, 7) is 3.96. The van der Waals surface area contributed by atoms with E-state index in [4.69, 9.17) is 4.42 Å². The third-order valence-electron chi connectivity index (χ3n) is 3.87. The normalized spacial score (nSPS) is 11.4. The molecule has 0 bridgehead atoms. The first-order valence-corrected chi connectivity index (χ1v) is 6.98. The average Bonchev–Trinajstić information content (AvgIpc) is 2.86. The van der Waals surface area contributed by atoms with E-state index in [-0.39, 0.29) is 5.63 Å². The summed E-state index contributed by atoms with van der Waals surface area (Å²) in [4.78, 5) is 16.4. The Morgan fingerprint density at radius 2 is 1.91 bits per heavy atom. The maximum absolute atomic E-state index is 12.1. The molecule has 108 valence electrons. The van der Waals surface area contributed by atoms with Gasteiger partial charge in [-0.1, -0.05) is 18.2 Å². The number of aromatic nitrogens is 3. The van der Waals surface area contributed by atoms with Crippen LogP contribution in [0.1, 0.15) is 11.3 Å². The first-order valence-electron chi connectivity index (χ1n) is 6.98. The molecule has 0 N–H and O–H groups in total. The molecule has 22 heavy (non-hydrogen) atoms. The van der Waals surface area contributed by atoms with Gasteiger partial charge in [0.1, 0.15) is 5.58 Å². The first-order chi connectivity index (χ1) is 10.6. The highest BCUT2D eigenvalue weighted by molar-refractivity contribution is 6.04. The van der Waals surface area contributed by atoms with Crippen molar-refractivity contribution in [2.75, 3.05) is 0 Å². The highest BCUT2D eigenvalue weighted by Crippen LogP contribution is 2.23. The van der Waals surface area contributed by atoms with Crippen LogP contribution in [-0.4, -0.2) is 14.8 Å². The summed E-state index contributed by atoms with van der Waals surface area (Å²) in [7, 11) is 0. The number of aryl methyl sites for hydroxylation is 2. The molecule has 0 spiro atoms. The molecule has 0 amide bonds. The summed E-state index contributed by atoms with van der Waals surface area (Å²) in [5, 5.41) is 6.63. The molecule has 4 aromatic rings. The number of pyridine rings is 1. The summed E-state index contributed by atoms with van der Waals surface area (Å²) in [5.41, 5.74) is 2.25. The van der Waals surface area contributed by atoms with Crippen molar-refractivity contribution in [2.24, 2.45) is 0 Å². The van der Waals surface area contributed by atoms with Crippen LogP contribution in [0.15, 0.2) is 51.9 Å². The molecule has 1 aromatic carbocycles. The second-order valence-corrected chi connectivity index (χ2v) is 5.32. The minimum Gasteiger partial charge on any atom is -0.422 e. The Balaban J connectivity index is 2.08. The summed E-state index contributed by atoms with van der Waals surface area (Å²) in [6.07, 6.45) is 3.48. The van der Waals surface area contributed by atoms with Gasteiger partial charge in [-0.3, -0.25) is 0 Å². The number of benzene rings is 1. The predicted molar refractivity (Wildman–Crippen MR) is 84.4 cm³/mol. The Morgan fingerprint density at radius 1 is 1.09 bits per heavy atom. The predicted octanol–water partition coefficient (Wildman–Crippen LogP) is 3.14. The fourth-order valence-corrected chi connectivity index (χ4v) is 2.55. The lowest BCUT2D eigenvalue weighted by Crippen LogP contribution is -2.04. The Bertz CT molecular complexity index is 1060. The van der Waals surface area contributed by atoms with Crippen LogP contribution in [0.5, 0.6) is 0 Å². The summed E-state index contributed by atoms with van der Waals surface area (Å²) < 4.78 is 7.06. The number of nitrogens with zero attached hydrogens (tertiary/aromatic N) is 3. The summed E-state index contributed by atoms with van der Waals surface area (Å²) in [5.74, 6) is 0.680. The van der Waals surface area contributed by atoms with E-state index in [2.05, 4.69) is 10.1 Å². The zero-order valence-electron chi connectivity index (χ0n) is 12.2. The van der Waals surface area contributed by atoms with E-state index in [0.29, 0.717) is 16.8 Å². The highest BCUT2D eigenvalue weighted by Gasteiger charge is 2.10. The van der Waals surface area contributed by atoms with Crippen LogP contribution < -0.4 is 5.63 Å². The SMILES string of the molecule is Cc1cn(-c2cc3c(cn2)c(=O)oc2ccccc23)nc1C. The smallest absolute Gasteiger partial charge is 0.345 e. The van der Waals surface area contributed by atoms with Crippen LogP contribution in [0.3, 0.4) is 0 Å². The number of hydrogen-bond acceptors (Lipinski definition) is 4. The quantitative estimate of drug-likeness (QED) is 0.399. The molecule has 5 nitrogen and oxygen atoms in total. The van der Waals surface area contributed by atoms with Crippen LogP contribution >= 0.6 is 0 Å². The van der Waals surface area contributed by atoms with E-state index in [1.165, 1.54) is 0 Å². The Kier molecular flexibility index (Phi) is 2.63. The molecular weight excluding hydrogens is 278 g/mol. The Hall–Kier alpha value is -2.95. The summed E-state index contributed by atoms with van der Waals surface area (Å²) >= 11 is 0. The molecule has 0 saturated carbocycles. The molecule has 0 saturated heterocycles. The second kappa shape index (κ2) is 4.53. The van der Waals surface area contributed by atoms with Gasteiger partial charge in [0.25, 0.3) is 0 Å². The minimum absolute atomic E-state index is 0.374. The van der Waals surface area contributed by atoms with Crippen LogP contribution in [0, 0.1) is 13.8 Å². The van der Waals surface area contributed by atoms with Crippen molar-refractivity contribution in [1.29, 1.82) is 0 Å². The average molecular weight is 291 g/mol. The molecule has 0 atom stereocenters. The zero-order chi connectivity index (χ0) is 15.3. The molecular formula is C17H13N3O2. The number of fused-ring (bicyclic) bond motifs is 3. The molecule has 4 rings (SSSR count). The van der Waals surface area contributed by atoms with E-state index >= 15 is 0 Å². The van der Waals surface area contributed by atoms with Crippen molar-refractivity contribution >= 4 is 21.7 Å².